The maximum absolute atomic E-state index is 13.8. The van der Waals surface area contributed by atoms with Gasteiger partial charge in [-0.3, -0.25) is 19.7 Å². The minimum absolute atomic E-state index is 0.0944. The fraction of sp³-hybridized carbons (Fsp3) is 0.400. The average Bonchev–Trinajstić information content (AvgIpc) is 3.33. The van der Waals surface area contributed by atoms with Gasteiger partial charge in [-0.15, -0.1) is 11.3 Å². The summed E-state index contributed by atoms with van der Waals surface area (Å²) in [5.74, 6) is 0.749. The molecule has 0 aliphatic carbocycles. The van der Waals surface area contributed by atoms with Crippen molar-refractivity contribution < 1.29 is 24.0 Å². The van der Waals surface area contributed by atoms with Crippen LogP contribution in [0.5, 0.6) is 11.5 Å². The van der Waals surface area contributed by atoms with Crippen molar-refractivity contribution in [3.05, 3.63) is 85.1 Å². The number of carbonyl (C=O) groups excluding carboxylic acids is 2. The van der Waals surface area contributed by atoms with E-state index in [1.165, 1.54) is 11.0 Å². The number of amides is 2. The Morgan fingerprint density at radius 1 is 0.975 bits per heavy atom. The summed E-state index contributed by atoms with van der Waals surface area (Å²) in [5.41, 5.74) is 2.64. The van der Waals surface area contributed by atoms with E-state index in [-0.39, 0.29) is 29.6 Å². The number of hydrogen-bond donors (Lipinski definition) is 0. The molecule has 0 saturated heterocycles. The van der Waals surface area contributed by atoms with E-state index >= 15 is 0 Å². The number of hydrogen-bond acceptors (Lipinski definition) is 7. The van der Waals surface area contributed by atoms with Gasteiger partial charge in [-0.25, -0.2) is 0 Å². The predicted octanol–water partition coefficient (Wildman–Crippen LogP) is 5.66. The highest BCUT2D eigenvalue weighted by atomic mass is 32.1. The summed E-state index contributed by atoms with van der Waals surface area (Å²) in [4.78, 5) is 42.6. The van der Waals surface area contributed by atoms with E-state index in [0.29, 0.717) is 43.1 Å². The molecule has 0 fully saturated rings. The lowest BCUT2D eigenvalue weighted by molar-refractivity contribution is -0.385. The zero-order valence-corrected chi connectivity index (χ0v) is 24.7. The first kappa shape index (κ1) is 30.6. The maximum atomic E-state index is 13.8. The zero-order chi connectivity index (χ0) is 29.4. The molecule has 0 atom stereocenters. The number of nitro groups is 1. The van der Waals surface area contributed by atoms with Gasteiger partial charge in [-0.2, -0.15) is 0 Å². The molecule has 3 aromatic rings. The summed E-state index contributed by atoms with van der Waals surface area (Å²) in [5, 5.41) is 13.5. The minimum atomic E-state index is -0.497. The molecule has 40 heavy (non-hydrogen) atoms. The third-order valence-corrected chi connectivity index (χ3v) is 7.63. The second kappa shape index (κ2) is 13.9. The van der Waals surface area contributed by atoms with Crippen LogP contribution in [0.1, 0.15) is 45.8 Å². The number of carbonyl (C=O) groups is 2. The second-order valence-electron chi connectivity index (χ2n) is 10.1. The molecule has 0 N–H and O–H groups in total. The van der Waals surface area contributed by atoms with Crippen molar-refractivity contribution in [2.24, 2.45) is 5.92 Å². The molecule has 2 aromatic carbocycles. The van der Waals surface area contributed by atoms with Crippen LogP contribution in [0.15, 0.2) is 47.8 Å². The molecule has 10 heteroatoms. The van der Waals surface area contributed by atoms with E-state index < -0.39 is 10.8 Å². The quantitative estimate of drug-likeness (QED) is 0.195. The highest BCUT2D eigenvalue weighted by molar-refractivity contribution is 7.10. The lowest BCUT2D eigenvalue weighted by Gasteiger charge is -2.29. The van der Waals surface area contributed by atoms with Crippen molar-refractivity contribution in [2.45, 2.75) is 40.7 Å². The lowest BCUT2D eigenvalue weighted by atomic mass is 10.1. The van der Waals surface area contributed by atoms with Crippen molar-refractivity contribution >= 4 is 28.8 Å². The van der Waals surface area contributed by atoms with Gasteiger partial charge in [0, 0.05) is 35.2 Å². The molecule has 0 radical (unpaired) electrons. The lowest BCUT2D eigenvalue weighted by Crippen LogP contribution is -2.44. The maximum Gasteiger partial charge on any atom is 0.273 e. The molecule has 9 nitrogen and oxygen atoms in total. The Morgan fingerprint density at radius 3 is 2.30 bits per heavy atom. The number of thiophene rings is 1. The molecule has 3 rings (SSSR count). The summed E-state index contributed by atoms with van der Waals surface area (Å²) in [6.45, 7) is 8.65. The molecule has 0 saturated carbocycles. The number of nitro benzene ring substituents is 1. The van der Waals surface area contributed by atoms with Crippen molar-refractivity contribution in [1.29, 1.82) is 0 Å². The topological polar surface area (TPSA) is 102 Å². The van der Waals surface area contributed by atoms with Crippen LogP contribution in [0.3, 0.4) is 0 Å². The number of rotatable bonds is 13. The summed E-state index contributed by atoms with van der Waals surface area (Å²) in [6, 6.07) is 12.1. The Kier molecular flexibility index (Phi) is 10.7. The first-order chi connectivity index (χ1) is 19.0. The molecule has 0 aliphatic rings. The molecule has 1 aromatic heterocycles. The molecule has 0 unspecified atom stereocenters. The number of aryl methyl sites for hydroxylation is 2. The Bertz CT molecular complexity index is 1350. The van der Waals surface area contributed by atoms with Gasteiger partial charge in [0.25, 0.3) is 11.6 Å². The SMILES string of the molecule is COc1ccc(CCN(Cc2sccc2C)C(=O)CN(CC(C)C)C(=O)c2ccc(C)c([N+](=O)[O-])c2)cc1OC. The summed E-state index contributed by atoms with van der Waals surface area (Å²) < 4.78 is 10.8. The number of nitrogens with zero attached hydrogens (tertiary/aromatic N) is 3. The molecule has 214 valence electrons. The third kappa shape index (κ3) is 7.81. The fourth-order valence-corrected chi connectivity index (χ4v) is 5.30. The van der Waals surface area contributed by atoms with E-state index in [1.54, 1.807) is 49.5 Å². The number of benzene rings is 2. The molecule has 2 amide bonds. The Hall–Kier alpha value is -3.92. The van der Waals surface area contributed by atoms with Crippen LogP contribution in [0, 0.1) is 29.9 Å². The normalized spacial score (nSPS) is 10.9. The number of methoxy groups -OCH3 is 2. The van der Waals surface area contributed by atoms with E-state index in [0.717, 1.165) is 16.0 Å². The highest BCUT2D eigenvalue weighted by Crippen LogP contribution is 2.28. The van der Waals surface area contributed by atoms with Gasteiger partial charge in [-0.1, -0.05) is 26.0 Å². The van der Waals surface area contributed by atoms with Crippen LogP contribution in [0.2, 0.25) is 0 Å². The Morgan fingerprint density at radius 2 is 1.70 bits per heavy atom. The Balaban J connectivity index is 1.85. The van der Waals surface area contributed by atoms with E-state index in [2.05, 4.69) is 0 Å². The monoisotopic (exact) mass is 567 g/mol. The average molecular weight is 568 g/mol. The highest BCUT2D eigenvalue weighted by Gasteiger charge is 2.25. The second-order valence-corrected chi connectivity index (χ2v) is 11.1. The first-order valence-corrected chi connectivity index (χ1v) is 14.0. The van der Waals surface area contributed by atoms with Crippen LogP contribution in [0.4, 0.5) is 5.69 Å². The molecular weight excluding hydrogens is 530 g/mol. The van der Waals surface area contributed by atoms with E-state index in [9.17, 15) is 19.7 Å². The fourth-order valence-electron chi connectivity index (χ4n) is 4.38. The van der Waals surface area contributed by atoms with Crippen LogP contribution >= 0.6 is 11.3 Å². The van der Waals surface area contributed by atoms with Crippen LogP contribution < -0.4 is 9.47 Å². The largest absolute Gasteiger partial charge is 0.493 e. The third-order valence-electron chi connectivity index (χ3n) is 6.63. The van der Waals surface area contributed by atoms with Crippen molar-refractivity contribution in [3.8, 4) is 11.5 Å². The van der Waals surface area contributed by atoms with Crippen LogP contribution in [-0.2, 0) is 17.8 Å². The standard InChI is InChI=1S/C30H37N3O6S/c1-20(2)17-32(30(35)24-9-7-21(3)25(16-24)33(36)37)19-29(34)31(18-28-22(4)12-14-40-28)13-11-23-8-10-26(38-5)27(15-23)39-6/h7-10,12,14-16,20H,11,13,17-19H2,1-6H3. The molecule has 0 bridgehead atoms. The van der Waals surface area contributed by atoms with Gasteiger partial charge >= 0.3 is 0 Å². The van der Waals surface area contributed by atoms with Gasteiger partial charge in [0.1, 0.15) is 6.54 Å². The summed E-state index contributed by atoms with van der Waals surface area (Å²) >= 11 is 1.59. The van der Waals surface area contributed by atoms with Gasteiger partial charge in [0.2, 0.25) is 5.91 Å². The van der Waals surface area contributed by atoms with Crippen LogP contribution in [-0.4, -0.2) is 60.4 Å². The smallest absolute Gasteiger partial charge is 0.273 e. The minimum Gasteiger partial charge on any atom is -0.493 e. The van der Waals surface area contributed by atoms with Gasteiger partial charge in [-0.05, 0) is 67.0 Å². The van der Waals surface area contributed by atoms with Crippen molar-refractivity contribution in [3.63, 3.8) is 0 Å². The first-order valence-electron chi connectivity index (χ1n) is 13.1. The van der Waals surface area contributed by atoms with Crippen LogP contribution in [0.25, 0.3) is 0 Å². The molecule has 0 aliphatic heterocycles. The zero-order valence-electron chi connectivity index (χ0n) is 23.9. The van der Waals surface area contributed by atoms with Gasteiger partial charge in [0.05, 0.1) is 25.7 Å². The summed E-state index contributed by atoms with van der Waals surface area (Å²) in [6.07, 6.45) is 0.582. The number of ether oxygens (including phenoxy) is 2. The Labute approximate surface area is 239 Å². The molecule has 0 spiro atoms. The van der Waals surface area contributed by atoms with E-state index in [4.69, 9.17) is 9.47 Å². The van der Waals surface area contributed by atoms with Gasteiger partial charge in [0.15, 0.2) is 11.5 Å². The predicted molar refractivity (Wildman–Crippen MR) is 156 cm³/mol. The molecule has 1 heterocycles. The van der Waals surface area contributed by atoms with E-state index in [1.807, 2.05) is 50.4 Å². The molecular formula is C30H37N3O6S. The van der Waals surface area contributed by atoms with Crippen molar-refractivity contribution in [1.82, 2.24) is 9.80 Å². The van der Waals surface area contributed by atoms with Crippen molar-refractivity contribution in [2.75, 3.05) is 33.9 Å². The van der Waals surface area contributed by atoms with Gasteiger partial charge < -0.3 is 19.3 Å². The summed E-state index contributed by atoms with van der Waals surface area (Å²) in [7, 11) is 3.17.